The van der Waals surface area contributed by atoms with Crippen LogP contribution in [0.15, 0.2) is 29.2 Å². The second kappa shape index (κ2) is 9.42. The van der Waals surface area contributed by atoms with Crippen LogP contribution >= 0.6 is 11.6 Å². The fraction of sp³-hybridized carbons (Fsp3) is 0.500. The monoisotopic (exact) mass is 493 g/mol. The summed E-state index contributed by atoms with van der Waals surface area (Å²) >= 11 is 6.34. The molecule has 0 saturated carbocycles. The Labute approximate surface area is 202 Å². The van der Waals surface area contributed by atoms with Crippen LogP contribution in [-0.4, -0.2) is 40.3 Å². The van der Waals surface area contributed by atoms with Crippen molar-refractivity contribution in [2.24, 2.45) is 7.05 Å². The van der Waals surface area contributed by atoms with E-state index >= 15 is 0 Å². The molecule has 0 unspecified atom stereocenters. The van der Waals surface area contributed by atoms with Crippen LogP contribution < -0.4 is 5.56 Å². The molecule has 34 heavy (non-hydrogen) atoms. The SMILES string of the molecule is Cc1c(-c2[nH]c3ccc(C4CCN(CCC(F)(F)F)CC4)cc3c2C(C)C)cn(C)c(=O)c1Cl. The normalized spacial score (nSPS) is 16.1. The van der Waals surface area contributed by atoms with Crippen molar-refractivity contribution in [3.63, 3.8) is 0 Å². The fourth-order valence-electron chi connectivity index (χ4n) is 5.11. The van der Waals surface area contributed by atoms with Gasteiger partial charge in [0.15, 0.2) is 0 Å². The average Bonchev–Trinajstić information content (AvgIpc) is 3.17. The summed E-state index contributed by atoms with van der Waals surface area (Å²) in [6.07, 6.45) is -1.31. The van der Waals surface area contributed by atoms with Crippen molar-refractivity contribution < 1.29 is 13.2 Å². The summed E-state index contributed by atoms with van der Waals surface area (Å²) < 4.78 is 39.2. The minimum Gasteiger partial charge on any atom is -0.354 e. The molecular formula is C26H31ClF3N3O. The molecule has 4 nitrogen and oxygen atoms in total. The van der Waals surface area contributed by atoms with Gasteiger partial charge >= 0.3 is 6.18 Å². The predicted molar refractivity (Wildman–Crippen MR) is 132 cm³/mol. The molecule has 0 atom stereocenters. The van der Waals surface area contributed by atoms with E-state index in [1.165, 1.54) is 15.7 Å². The third kappa shape index (κ3) is 4.91. The molecule has 1 fully saturated rings. The number of piperidine rings is 1. The molecule has 0 radical (unpaired) electrons. The van der Waals surface area contributed by atoms with Gasteiger partial charge in [0.2, 0.25) is 0 Å². The minimum absolute atomic E-state index is 0.0788. The third-order valence-corrected chi connectivity index (χ3v) is 7.49. The lowest BCUT2D eigenvalue weighted by molar-refractivity contribution is -0.138. The Balaban J connectivity index is 1.66. The lowest BCUT2D eigenvalue weighted by atomic mass is 9.87. The molecule has 3 heterocycles. The Kier molecular flexibility index (Phi) is 6.89. The lowest BCUT2D eigenvalue weighted by Crippen LogP contribution is -2.35. The van der Waals surface area contributed by atoms with Crippen LogP contribution in [0.2, 0.25) is 5.02 Å². The molecule has 0 amide bonds. The zero-order valence-electron chi connectivity index (χ0n) is 20.0. The number of hydrogen-bond acceptors (Lipinski definition) is 2. The van der Waals surface area contributed by atoms with Crippen molar-refractivity contribution in [2.45, 2.75) is 58.0 Å². The first-order valence-electron chi connectivity index (χ1n) is 11.8. The van der Waals surface area contributed by atoms with Crippen LogP contribution in [0, 0.1) is 6.92 Å². The Hall–Kier alpha value is -2.25. The molecule has 4 rings (SSSR count). The number of pyridine rings is 1. The largest absolute Gasteiger partial charge is 0.390 e. The van der Waals surface area contributed by atoms with Gasteiger partial charge in [-0.15, -0.1) is 0 Å². The number of aromatic amines is 1. The fourth-order valence-corrected chi connectivity index (χ4v) is 5.34. The van der Waals surface area contributed by atoms with Crippen molar-refractivity contribution in [1.82, 2.24) is 14.5 Å². The summed E-state index contributed by atoms with van der Waals surface area (Å²) in [5, 5.41) is 1.37. The Morgan fingerprint density at radius 2 is 1.88 bits per heavy atom. The van der Waals surface area contributed by atoms with Gasteiger partial charge < -0.3 is 14.5 Å². The summed E-state index contributed by atoms with van der Waals surface area (Å²) in [6.45, 7) is 7.61. The zero-order valence-corrected chi connectivity index (χ0v) is 20.8. The number of halogens is 4. The number of H-pyrrole nitrogens is 1. The molecule has 1 aromatic carbocycles. The first-order chi connectivity index (χ1) is 16.0. The van der Waals surface area contributed by atoms with Crippen molar-refractivity contribution in [2.75, 3.05) is 19.6 Å². The topological polar surface area (TPSA) is 41.0 Å². The molecule has 2 aromatic heterocycles. The quantitative estimate of drug-likeness (QED) is 0.427. The summed E-state index contributed by atoms with van der Waals surface area (Å²) in [5.74, 6) is 0.567. The van der Waals surface area contributed by atoms with E-state index in [0.29, 0.717) is 19.0 Å². The maximum atomic E-state index is 12.6. The standard InChI is InChI=1S/C26H31ClF3N3O/c1-15(2)22-19-13-18(17-7-10-33(11-8-17)12-9-26(28,29)30)5-6-21(19)31-24(22)20-14-32(4)25(34)23(27)16(20)3/h5-6,13-15,17,31H,7-12H2,1-4H3. The van der Waals surface area contributed by atoms with Gasteiger partial charge in [-0.1, -0.05) is 31.5 Å². The van der Waals surface area contributed by atoms with Gasteiger partial charge in [-0.25, -0.2) is 0 Å². The second-order valence-corrected chi connectivity index (χ2v) is 10.1. The Bertz CT molecular complexity index is 1250. The lowest BCUT2D eigenvalue weighted by Gasteiger charge is -2.32. The molecule has 1 aliphatic heterocycles. The first-order valence-corrected chi connectivity index (χ1v) is 12.1. The maximum absolute atomic E-state index is 12.6. The van der Waals surface area contributed by atoms with Gasteiger partial charge in [-0.2, -0.15) is 13.2 Å². The van der Waals surface area contributed by atoms with Crippen molar-refractivity contribution >= 4 is 22.5 Å². The van der Waals surface area contributed by atoms with E-state index in [0.717, 1.165) is 40.6 Å². The van der Waals surface area contributed by atoms with Gasteiger partial charge in [-0.3, -0.25) is 4.79 Å². The van der Waals surface area contributed by atoms with E-state index in [2.05, 4.69) is 37.0 Å². The minimum atomic E-state index is -4.10. The number of likely N-dealkylation sites (tertiary alicyclic amines) is 1. The number of benzene rings is 1. The molecule has 0 aliphatic carbocycles. The van der Waals surface area contributed by atoms with Crippen molar-refractivity contribution in [3.05, 3.63) is 56.5 Å². The number of fused-ring (bicyclic) bond motifs is 1. The number of aryl methyl sites for hydroxylation is 1. The van der Waals surface area contributed by atoms with Crippen LogP contribution in [-0.2, 0) is 7.05 Å². The van der Waals surface area contributed by atoms with Crippen LogP contribution in [0.1, 0.15) is 61.6 Å². The molecule has 1 saturated heterocycles. The van der Waals surface area contributed by atoms with Crippen LogP contribution in [0.4, 0.5) is 13.2 Å². The second-order valence-electron chi connectivity index (χ2n) is 9.75. The van der Waals surface area contributed by atoms with E-state index < -0.39 is 12.6 Å². The van der Waals surface area contributed by atoms with Crippen LogP contribution in [0.25, 0.3) is 22.2 Å². The smallest absolute Gasteiger partial charge is 0.354 e. The van der Waals surface area contributed by atoms with E-state index in [1.807, 2.05) is 18.0 Å². The summed E-state index contributed by atoms with van der Waals surface area (Å²) in [5.41, 5.74) is 5.85. The molecule has 1 N–H and O–H groups in total. The molecule has 3 aromatic rings. The summed E-state index contributed by atoms with van der Waals surface area (Å²) in [6, 6.07) is 6.46. The molecular weight excluding hydrogens is 463 g/mol. The summed E-state index contributed by atoms with van der Waals surface area (Å²) in [7, 11) is 1.70. The molecule has 184 valence electrons. The highest BCUT2D eigenvalue weighted by Crippen LogP contribution is 2.39. The highest BCUT2D eigenvalue weighted by molar-refractivity contribution is 6.31. The average molecular weight is 494 g/mol. The van der Waals surface area contributed by atoms with E-state index in [4.69, 9.17) is 11.6 Å². The number of alkyl halides is 3. The molecule has 1 aliphatic rings. The number of nitrogens with one attached hydrogen (secondary N) is 1. The first kappa shape index (κ1) is 24.9. The number of aromatic nitrogens is 2. The van der Waals surface area contributed by atoms with Gasteiger partial charge in [0, 0.05) is 36.3 Å². The third-order valence-electron chi connectivity index (χ3n) is 7.04. The van der Waals surface area contributed by atoms with Crippen molar-refractivity contribution in [1.29, 1.82) is 0 Å². The predicted octanol–water partition coefficient (Wildman–Crippen LogP) is 6.75. The van der Waals surface area contributed by atoms with E-state index in [9.17, 15) is 18.0 Å². The zero-order chi connectivity index (χ0) is 24.8. The van der Waals surface area contributed by atoms with E-state index in [1.54, 1.807) is 7.05 Å². The van der Waals surface area contributed by atoms with E-state index in [-0.39, 0.29) is 23.0 Å². The van der Waals surface area contributed by atoms with Gasteiger partial charge in [0.25, 0.3) is 5.56 Å². The van der Waals surface area contributed by atoms with Gasteiger partial charge in [-0.05, 0) is 73.5 Å². The van der Waals surface area contributed by atoms with Gasteiger partial charge in [0.1, 0.15) is 5.02 Å². The van der Waals surface area contributed by atoms with Crippen LogP contribution in [0.5, 0.6) is 0 Å². The Morgan fingerprint density at radius 1 is 1.21 bits per heavy atom. The Morgan fingerprint density at radius 3 is 2.50 bits per heavy atom. The van der Waals surface area contributed by atoms with Crippen molar-refractivity contribution in [3.8, 4) is 11.3 Å². The molecule has 0 spiro atoms. The van der Waals surface area contributed by atoms with Crippen LogP contribution in [0.3, 0.4) is 0 Å². The molecule has 8 heteroatoms. The number of hydrogen-bond donors (Lipinski definition) is 1. The molecule has 0 bridgehead atoms. The highest BCUT2D eigenvalue weighted by Gasteiger charge is 2.29. The number of rotatable bonds is 5. The highest BCUT2D eigenvalue weighted by atomic mass is 35.5. The number of nitrogens with zero attached hydrogens (tertiary/aromatic N) is 2. The summed E-state index contributed by atoms with van der Waals surface area (Å²) in [4.78, 5) is 17.7. The van der Waals surface area contributed by atoms with Gasteiger partial charge in [0.05, 0.1) is 12.1 Å². The maximum Gasteiger partial charge on any atom is 0.390 e.